The van der Waals surface area contributed by atoms with Crippen LogP contribution in [0.4, 0.5) is 5.69 Å². The maximum Gasteiger partial charge on any atom is 0.0606 e. The average Bonchev–Trinajstić information content (AvgIpc) is 3.26. The maximum absolute atomic E-state index is 9.13. The Hall–Kier alpha value is -1.10. The van der Waals surface area contributed by atoms with Crippen molar-refractivity contribution in [2.75, 3.05) is 38.3 Å². The Morgan fingerprint density at radius 1 is 1.32 bits per heavy atom. The predicted octanol–water partition coefficient (Wildman–Crippen LogP) is 1.38. The van der Waals surface area contributed by atoms with Crippen molar-refractivity contribution in [3.63, 3.8) is 0 Å². The van der Waals surface area contributed by atoms with Gasteiger partial charge in [0.25, 0.3) is 0 Å². The quantitative estimate of drug-likeness (QED) is 0.662. The van der Waals surface area contributed by atoms with Gasteiger partial charge in [-0.25, -0.2) is 0 Å². The summed E-state index contributed by atoms with van der Waals surface area (Å²) in [5.74, 6) is 0. The molecule has 4 nitrogen and oxygen atoms in total. The molecule has 2 rings (SSSR count). The summed E-state index contributed by atoms with van der Waals surface area (Å²) in [4.78, 5) is 2.31. The molecule has 0 aromatic heterocycles. The van der Waals surface area contributed by atoms with Crippen molar-refractivity contribution in [1.82, 2.24) is 5.32 Å². The zero-order valence-electron chi connectivity index (χ0n) is 11.6. The fourth-order valence-electron chi connectivity index (χ4n) is 2.23. The topological polar surface area (TPSA) is 44.7 Å². The number of aliphatic hydroxyl groups is 1. The summed E-state index contributed by atoms with van der Waals surface area (Å²) < 4.78 is 5.00. The molecule has 106 valence electrons. The Bertz CT molecular complexity index is 363. The second-order valence-electron chi connectivity index (χ2n) is 4.98. The zero-order chi connectivity index (χ0) is 13.5. The standard InChI is InChI=1S/C15H24N2O2/c1-19-11-8-16-12-13-2-4-14(5-3-13)17(9-10-18)15-6-7-15/h2-5,15-16,18H,6-12H2,1H3. The number of nitrogens with zero attached hydrogens (tertiary/aromatic N) is 1. The first-order valence-electron chi connectivity index (χ1n) is 7.01. The van der Waals surface area contributed by atoms with Gasteiger partial charge in [-0.15, -0.1) is 0 Å². The van der Waals surface area contributed by atoms with E-state index >= 15 is 0 Å². The third-order valence-electron chi connectivity index (χ3n) is 3.41. The molecule has 1 aromatic carbocycles. The van der Waals surface area contributed by atoms with Crippen molar-refractivity contribution in [3.8, 4) is 0 Å². The third kappa shape index (κ3) is 4.49. The molecule has 0 atom stereocenters. The van der Waals surface area contributed by atoms with E-state index in [2.05, 4.69) is 34.5 Å². The van der Waals surface area contributed by atoms with Crippen LogP contribution in [0.3, 0.4) is 0 Å². The number of aliphatic hydroxyl groups excluding tert-OH is 1. The van der Waals surface area contributed by atoms with Crippen LogP contribution in [0.1, 0.15) is 18.4 Å². The van der Waals surface area contributed by atoms with Crippen molar-refractivity contribution in [2.24, 2.45) is 0 Å². The lowest BCUT2D eigenvalue weighted by molar-refractivity contribution is 0.199. The summed E-state index contributed by atoms with van der Waals surface area (Å²) in [6, 6.07) is 9.25. The number of methoxy groups -OCH3 is 1. The molecule has 1 aliphatic carbocycles. The minimum atomic E-state index is 0.219. The van der Waals surface area contributed by atoms with Crippen LogP contribution in [0.5, 0.6) is 0 Å². The summed E-state index contributed by atoms with van der Waals surface area (Å²) in [6.07, 6.45) is 2.50. The van der Waals surface area contributed by atoms with Crippen LogP contribution in [0.25, 0.3) is 0 Å². The highest BCUT2D eigenvalue weighted by Crippen LogP contribution is 2.31. The number of benzene rings is 1. The van der Waals surface area contributed by atoms with Gasteiger partial charge in [0.05, 0.1) is 13.2 Å². The van der Waals surface area contributed by atoms with Crippen molar-refractivity contribution in [2.45, 2.75) is 25.4 Å². The summed E-state index contributed by atoms with van der Waals surface area (Å²) >= 11 is 0. The van der Waals surface area contributed by atoms with Gasteiger partial charge in [0.1, 0.15) is 0 Å². The van der Waals surface area contributed by atoms with Crippen LogP contribution < -0.4 is 10.2 Å². The van der Waals surface area contributed by atoms with E-state index in [-0.39, 0.29) is 6.61 Å². The Morgan fingerprint density at radius 2 is 2.05 bits per heavy atom. The van der Waals surface area contributed by atoms with Gasteiger partial charge >= 0.3 is 0 Å². The van der Waals surface area contributed by atoms with Crippen molar-refractivity contribution < 1.29 is 9.84 Å². The van der Waals surface area contributed by atoms with Gasteiger partial charge < -0.3 is 20.1 Å². The monoisotopic (exact) mass is 264 g/mol. The maximum atomic E-state index is 9.13. The van der Waals surface area contributed by atoms with E-state index in [1.54, 1.807) is 7.11 Å². The van der Waals surface area contributed by atoms with Crippen LogP contribution in [-0.4, -0.2) is 44.6 Å². The highest BCUT2D eigenvalue weighted by atomic mass is 16.5. The van der Waals surface area contributed by atoms with Crippen LogP contribution >= 0.6 is 0 Å². The number of hydrogen-bond acceptors (Lipinski definition) is 4. The lowest BCUT2D eigenvalue weighted by Gasteiger charge is -2.23. The first-order chi connectivity index (χ1) is 9.35. The van der Waals surface area contributed by atoms with E-state index in [0.29, 0.717) is 6.04 Å². The van der Waals surface area contributed by atoms with Gasteiger partial charge in [-0.3, -0.25) is 0 Å². The van der Waals surface area contributed by atoms with Crippen LogP contribution in [0.15, 0.2) is 24.3 Å². The summed E-state index contributed by atoms with van der Waals surface area (Å²) in [5.41, 5.74) is 2.50. The van der Waals surface area contributed by atoms with E-state index in [9.17, 15) is 0 Å². The molecule has 0 spiro atoms. The Morgan fingerprint density at radius 3 is 2.63 bits per heavy atom. The number of hydrogen-bond donors (Lipinski definition) is 2. The molecule has 19 heavy (non-hydrogen) atoms. The van der Waals surface area contributed by atoms with Crippen LogP contribution in [0.2, 0.25) is 0 Å². The Kier molecular flexibility index (Phi) is 5.63. The van der Waals surface area contributed by atoms with Gasteiger partial charge in [-0.05, 0) is 30.5 Å². The minimum absolute atomic E-state index is 0.219. The largest absolute Gasteiger partial charge is 0.395 e. The molecule has 4 heteroatoms. The second kappa shape index (κ2) is 7.48. The van der Waals surface area contributed by atoms with Gasteiger partial charge in [-0.1, -0.05) is 12.1 Å². The third-order valence-corrected chi connectivity index (χ3v) is 3.41. The molecule has 0 bridgehead atoms. The fourth-order valence-corrected chi connectivity index (χ4v) is 2.23. The fraction of sp³-hybridized carbons (Fsp3) is 0.600. The molecule has 0 aliphatic heterocycles. The number of anilines is 1. The molecule has 1 aromatic rings. The summed E-state index contributed by atoms with van der Waals surface area (Å²) in [5, 5.41) is 12.5. The molecular weight excluding hydrogens is 240 g/mol. The average molecular weight is 264 g/mol. The smallest absolute Gasteiger partial charge is 0.0606 e. The van der Waals surface area contributed by atoms with E-state index in [0.717, 1.165) is 26.2 Å². The predicted molar refractivity (Wildman–Crippen MR) is 77.5 cm³/mol. The van der Waals surface area contributed by atoms with E-state index < -0.39 is 0 Å². The van der Waals surface area contributed by atoms with Gasteiger partial charge in [0.15, 0.2) is 0 Å². The molecule has 1 fully saturated rings. The molecule has 2 N–H and O–H groups in total. The Balaban J connectivity index is 1.86. The lowest BCUT2D eigenvalue weighted by Crippen LogP contribution is -2.28. The van der Waals surface area contributed by atoms with Crippen molar-refractivity contribution >= 4 is 5.69 Å². The number of ether oxygens (including phenoxy) is 1. The van der Waals surface area contributed by atoms with E-state index in [1.807, 2.05) is 0 Å². The highest BCUT2D eigenvalue weighted by Gasteiger charge is 2.28. The molecule has 1 saturated carbocycles. The molecule has 1 aliphatic rings. The molecular formula is C15H24N2O2. The highest BCUT2D eigenvalue weighted by molar-refractivity contribution is 5.49. The molecule has 0 unspecified atom stereocenters. The first-order valence-corrected chi connectivity index (χ1v) is 7.01. The lowest BCUT2D eigenvalue weighted by atomic mass is 10.2. The SMILES string of the molecule is COCCNCc1ccc(N(CCO)C2CC2)cc1. The first kappa shape index (κ1) is 14.3. The minimum Gasteiger partial charge on any atom is -0.395 e. The number of nitrogens with one attached hydrogen (secondary N) is 1. The molecule has 0 heterocycles. The zero-order valence-corrected chi connectivity index (χ0v) is 11.6. The summed E-state index contributed by atoms with van der Waals surface area (Å²) in [6.45, 7) is 3.43. The van der Waals surface area contributed by atoms with Gasteiger partial charge in [-0.2, -0.15) is 0 Å². The molecule has 0 radical (unpaired) electrons. The summed E-state index contributed by atoms with van der Waals surface area (Å²) in [7, 11) is 1.71. The van der Waals surface area contributed by atoms with Crippen molar-refractivity contribution in [1.29, 1.82) is 0 Å². The van der Waals surface area contributed by atoms with Gasteiger partial charge in [0.2, 0.25) is 0 Å². The van der Waals surface area contributed by atoms with Crippen LogP contribution in [0, 0.1) is 0 Å². The van der Waals surface area contributed by atoms with E-state index in [4.69, 9.17) is 9.84 Å². The second-order valence-corrected chi connectivity index (χ2v) is 4.98. The van der Waals surface area contributed by atoms with E-state index in [1.165, 1.54) is 24.1 Å². The Labute approximate surface area is 115 Å². The van der Waals surface area contributed by atoms with Crippen LogP contribution in [-0.2, 0) is 11.3 Å². The van der Waals surface area contributed by atoms with Gasteiger partial charge in [0, 0.05) is 38.5 Å². The van der Waals surface area contributed by atoms with Crippen molar-refractivity contribution in [3.05, 3.63) is 29.8 Å². The molecule has 0 saturated heterocycles. The molecule has 0 amide bonds. The normalized spacial score (nSPS) is 14.6. The number of rotatable bonds is 9.